The topological polar surface area (TPSA) is 47.7 Å². The van der Waals surface area contributed by atoms with Gasteiger partial charge >= 0.3 is 0 Å². The molecule has 0 aliphatic carbocycles. The zero-order valence-corrected chi connectivity index (χ0v) is 13.2. The summed E-state index contributed by atoms with van der Waals surface area (Å²) < 4.78 is 5.36. The molecule has 116 valence electrons. The second-order valence-corrected chi connectivity index (χ2v) is 5.07. The highest BCUT2D eigenvalue weighted by molar-refractivity contribution is 5.40. The fourth-order valence-corrected chi connectivity index (χ4v) is 2.11. The van der Waals surface area contributed by atoms with Crippen molar-refractivity contribution in [2.75, 3.05) is 6.61 Å². The van der Waals surface area contributed by atoms with Gasteiger partial charge in [0.15, 0.2) is 0 Å². The smallest absolute Gasteiger partial charge is 0.244 e. The first kappa shape index (κ1) is 16.0. The fraction of sp³-hybridized carbons (Fsp3) is 0.333. The average Bonchev–Trinajstić information content (AvgIpc) is 2.55. The van der Waals surface area contributed by atoms with Gasteiger partial charge in [0.2, 0.25) is 5.69 Å². The molecule has 4 heteroatoms. The molecule has 0 saturated heterocycles. The van der Waals surface area contributed by atoms with Gasteiger partial charge in [-0.3, -0.25) is 0 Å². The Labute approximate surface area is 131 Å². The fourth-order valence-electron chi connectivity index (χ4n) is 2.11. The Morgan fingerprint density at radius 1 is 1.00 bits per heavy atom. The number of ether oxygens (including phenoxy) is 1. The molecule has 2 aromatic carbocycles. The Balaban J connectivity index is 2.07. The molecule has 0 aliphatic heterocycles. The van der Waals surface area contributed by atoms with Crippen LogP contribution in [0.5, 0.6) is 5.75 Å². The molecule has 0 aromatic heterocycles. The SMILES string of the molecule is CCCCc1ccc([N+]([O-])=Nc2ccc(OCC)cc2)cc1. The van der Waals surface area contributed by atoms with Gasteiger partial charge in [0.25, 0.3) is 0 Å². The van der Waals surface area contributed by atoms with Crippen LogP contribution in [0.2, 0.25) is 0 Å². The Morgan fingerprint density at radius 3 is 2.27 bits per heavy atom. The van der Waals surface area contributed by atoms with Crippen molar-refractivity contribution in [3.05, 3.63) is 59.3 Å². The van der Waals surface area contributed by atoms with Gasteiger partial charge in [-0.1, -0.05) is 30.3 Å². The Kier molecular flexibility index (Phi) is 5.95. The van der Waals surface area contributed by atoms with Gasteiger partial charge in [-0.15, -0.1) is 0 Å². The van der Waals surface area contributed by atoms with Crippen molar-refractivity contribution in [1.82, 2.24) is 0 Å². The summed E-state index contributed by atoms with van der Waals surface area (Å²) in [6, 6.07) is 14.8. The van der Waals surface area contributed by atoms with Crippen molar-refractivity contribution >= 4 is 11.4 Å². The van der Waals surface area contributed by atoms with Crippen LogP contribution in [0.25, 0.3) is 0 Å². The van der Waals surface area contributed by atoms with Crippen LogP contribution in [0.15, 0.2) is 53.6 Å². The van der Waals surface area contributed by atoms with E-state index in [4.69, 9.17) is 4.74 Å². The molecule has 0 saturated carbocycles. The predicted molar refractivity (Wildman–Crippen MR) is 88.0 cm³/mol. The van der Waals surface area contributed by atoms with Crippen LogP contribution in [0, 0.1) is 5.21 Å². The number of nitrogens with zero attached hydrogens (tertiary/aromatic N) is 2. The zero-order chi connectivity index (χ0) is 15.8. The van der Waals surface area contributed by atoms with E-state index in [1.54, 1.807) is 12.1 Å². The number of unbranched alkanes of at least 4 members (excludes halogenated alkanes) is 1. The third kappa shape index (κ3) is 4.58. The van der Waals surface area contributed by atoms with E-state index in [0.29, 0.717) is 22.8 Å². The molecule has 0 spiro atoms. The Morgan fingerprint density at radius 2 is 1.68 bits per heavy atom. The highest BCUT2D eigenvalue weighted by Gasteiger charge is 2.04. The van der Waals surface area contributed by atoms with Gasteiger partial charge < -0.3 is 9.94 Å². The number of benzene rings is 2. The molecule has 0 bridgehead atoms. The van der Waals surface area contributed by atoms with Crippen LogP contribution in [0.4, 0.5) is 11.4 Å². The van der Waals surface area contributed by atoms with Gasteiger partial charge in [-0.25, -0.2) is 0 Å². The van der Waals surface area contributed by atoms with E-state index in [2.05, 4.69) is 12.0 Å². The van der Waals surface area contributed by atoms with E-state index in [1.807, 2.05) is 43.3 Å². The third-order valence-corrected chi connectivity index (χ3v) is 3.33. The summed E-state index contributed by atoms with van der Waals surface area (Å²) in [6.07, 6.45) is 3.38. The normalized spacial score (nSPS) is 11.5. The van der Waals surface area contributed by atoms with E-state index in [-0.39, 0.29) is 0 Å². The molecular weight excluding hydrogens is 276 g/mol. The molecule has 0 unspecified atom stereocenters. The van der Waals surface area contributed by atoms with Crippen molar-refractivity contribution in [3.8, 4) is 5.75 Å². The molecule has 0 atom stereocenters. The van der Waals surface area contributed by atoms with Crippen LogP contribution in [0.1, 0.15) is 32.3 Å². The minimum atomic E-state index is 0.536. The Bertz CT molecular complexity index is 604. The largest absolute Gasteiger partial charge is 0.594 e. The number of azo groups is 1. The van der Waals surface area contributed by atoms with Crippen molar-refractivity contribution in [3.63, 3.8) is 0 Å². The van der Waals surface area contributed by atoms with Gasteiger partial charge in [-0.2, -0.15) is 0 Å². The molecule has 2 rings (SSSR count). The highest BCUT2D eigenvalue weighted by Crippen LogP contribution is 2.21. The van der Waals surface area contributed by atoms with E-state index in [9.17, 15) is 5.21 Å². The van der Waals surface area contributed by atoms with Gasteiger partial charge in [0.1, 0.15) is 11.4 Å². The van der Waals surface area contributed by atoms with Crippen molar-refractivity contribution in [2.24, 2.45) is 5.11 Å². The summed E-state index contributed by atoms with van der Waals surface area (Å²) in [4.78, 5) is 0.652. The summed E-state index contributed by atoms with van der Waals surface area (Å²) in [5.74, 6) is 0.777. The molecule has 0 aliphatic rings. The van der Waals surface area contributed by atoms with Crippen molar-refractivity contribution < 1.29 is 9.60 Å². The summed E-state index contributed by atoms with van der Waals surface area (Å²) in [6.45, 7) is 4.72. The molecule has 0 radical (unpaired) electrons. The molecule has 0 heterocycles. The van der Waals surface area contributed by atoms with Crippen LogP contribution >= 0.6 is 0 Å². The lowest BCUT2D eigenvalue weighted by molar-refractivity contribution is -0.435. The van der Waals surface area contributed by atoms with E-state index in [1.165, 1.54) is 12.0 Å². The lowest BCUT2D eigenvalue weighted by atomic mass is 10.1. The maximum absolute atomic E-state index is 12.1. The molecule has 0 fully saturated rings. The van der Waals surface area contributed by atoms with Crippen molar-refractivity contribution in [2.45, 2.75) is 33.1 Å². The summed E-state index contributed by atoms with van der Waals surface area (Å²) in [5.41, 5.74) is 2.39. The molecule has 22 heavy (non-hydrogen) atoms. The summed E-state index contributed by atoms with van der Waals surface area (Å²) in [5, 5.41) is 16.1. The molecule has 4 nitrogen and oxygen atoms in total. The lowest BCUT2D eigenvalue weighted by Crippen LogP contribution is -1.92. The first-order chi connectivity index (χ1) is 10.7. The van der Waals surface area contributed by atoms with Crippen LogP contribution < -0.4 is 4.74 Å². The molecule has 0 amide bonds. The maximum Gasteiger partial charge on any atom is 0.244 e. The molecular formula is C18H22N2O2. The quantitative estimate of drug-likeness (QED) is 0.393. The summed E-state index contributed by atoms with van der Waals surface area (Å²) >= 11 is 0. The number of rotatable bonds is 7. The minimum absolute atomic E-state index is 0.536. The monoisotopic (exact) mass is 298 g/mol. The van der Waals surface area contributed by atoms with Crippen LogP contribution in [0.3, 0.4) is 0 Å². The standard InChI is InChI=1S/C18H22N2O2/c1-3-5-6-15-7-11-17(12-8-15)20(21)19-16-9-13-18(14-10-16)22-4-2/h7-14H,3-6H2,1-2H3. The lowest BCUT2D eigenvalue weighted by Gasteiger charge is -2.03. The number of aryl methyl sites for hydroxylation is 1. The third-order valence-electron chi connectivity index (χ3n) is 3.33. The Hall–Kier alpha value is -2.36. The van der Waals surface area contributed by atoms with Gasteiger partial charge in [0.05, 0.1) is 6.61 Å². The van der Waals surface area contributed by atoms with Crippen LogP contribution in [-0.4, -0.2) is 11.5 Å². The molecule has 2 aromatic rings. The second kappa shape index (κ2) is 8.17. The molecule has 0 N–H and O–H groups in total. The maximum atomic E-state index is 12.1. The van der Waals surface area contributed by atoms with E-state index < -0.39 is 0 Å². The summed E-state index contributed by atoms with van der Waals surface area (Å²) in [7, 11) is 0. The van der Waals surface area contributed by atoms with E-state index >= 15 is 0 Å². The predicted octanol–water partition coefficient (Wildman–Crippen LogP) is 5.35. The minimum Gasteiger partial charge on any atom is -0.594 e. The average molecular weight is 298 g/mol. The highest BCUT2D eigenvalue weighted by atomic mass is 16.5. The first-order valence-corrected chi connectivity index (χ1v) is 7.73. The number of hydrogen-bond acceptors (Lipinski definition) is 3. The van der Waals surface area contributed by atoms with Crippen LogP contribution in [-0.2, 0) is 6.42 Å². The van der Waals surface area contributed by atoms with Gasteiger partial charge in [0, 0.05) is 17.2 Å². The van der Waals surface area contributed by atoms with Crippen molar-refractivity contribution in [1.29, 1.82) is 0 Å². The van der Waals surface area contributed by atoms with E-state index in [0.717, 1.165) is 18.6 Å². The first-order valence-electron chi connectivity index (χ1n) is 7.73. The number of hydrogen-bond donors (Lipinski definition) is 0. The zero-order valence-electron chi connectivity index (χ0n) is 13.2. The second-order valence-electron chi connectivity index (χ2n) is 5.07. The van der Waals surface area contributed by atoms with Gasteiger partial charge in [-0.05, 0) is 49.6 Å².